The summed E-state index contributed by atoms with van der Waals surface area (Å²) in [5, 5.41) is 0. The number of esters is 2. The van der Waals surface area contributed by atoms with Crippen molar-refractivity contribution in [1.29, 1.82) is 0 Å². The monoisotopic (exact) mass is 602 g/mol. The van der Waals surface area contributed by atoms with E-state index >= 15 is 0 Å². The van der Waals surface area contributed by atoms with Gasteiger partial charge in [-0.05, 0) is 60.7 Å². The zero-order valence-electron chi connectivity index (χ0n) is 21.9. The second-order valence-corrected chi connectivity index (χ2v) is 8.24. The molecule has 0 aliphatic carbocycles. The molecule has 0 N–H and O–H groups in total. The standard InChI is InChI=1S/C12H16O2.C9H9BrO2.2C3H7.2CH4.Zn/c1-8(2)10-5-6-11(9(3)7-10)12(13)14-4;1-6-5-7(10)3-4-8(6)9(11)12-2;2*1-3-2;;;/h5-8H,1-4H3;3-5H,1-2H3;2*3H,1-2H3;2*1H4;/q;;2*-1;;;+2. The van der Waals surface area contributed by atoms with Crippen molar-refractivity contribution in [3.63, 3.8) is 0 Å². The molecular formula is C29H47BrO4Zn. The van der Waals surface area contributed by atoms with Crippen molar-refractivity contribution in [3.05, 3.63) is 81.5 Å². The molecule has 6 heteroatoms. The van der Waals surface area contributed by atoms with E-state index in [9.17, 15) is 9.59 Å². The van der Waals surface area contributed by atoms with Crippen molar-refractivity contribution in [3.8, 4) is 0 Å². The third-order valence-corrected chi connectivity index (χ3v) is 4.41. The van der Waals surface area contributed by atoms with Gasteiger partial charge in [0.2, 0.25) is 0 Å². The molecule has 0 radical (unpaired) electrons. The van der Waals surface area contributed by atoms with Gasteiger partial charge in [0, 0.05) is 4.47 Å². The first kappa shape index (κ1) is 43.5. The van der Waals surface area contributed by atoms with Crippen molar-refractivity contribution < 1.29 is 38.5 Å². The van der Waals surface area contributed by atoms with E-state index < -0.39 is 0 Å². The zero-order valence-corrected chi connectivity index (χ0v) is 26.5. The predicted molar refractivity (Wildman–Crippen MR) is 152 cm³/mol. The predicted octanol–water partition coefficient (Wildman–Crippen LogP) is 9.18. The van der Waals surface area contributed by atoms with E-state index in [0.717, 1.165) is 15.6 Å². The third kappa shape index (κ3) is 18.4. The van der Waals surface area contributed by atoms with Crippen LogP contribution in [0.25, 0.3) is 0 Å². The molecule has 0 aliphatic heterocycles. The number of benzene rings is 2. The van der Waals surface area contributed by atoms with E-state index in [1.165, 1.54) is 19.8 Å². The van der Waals surface area contributed by atoms with Gasteiger partial charge < -0.3 is 22.3 Å². The van der Waals surface area contributed by atoms with Crippen molar-refractivity contribution >= 4 is 27.9 Å². The number of aryl methyl sites for hydroxylation is 2. The van der Waals surface area contributed by atoms with Crippen molar-refractivity contribution in [1.82, 2.24) is 0 Å². The van der Waals surface area contributed by atoms with Crippen LogP contribution in [0.2, 0.25) is 0 Å². The minimum absolute atomic E-state index is 0. The van der Waals surface area contributed by atoms with Crippen molar-refractivity contribution in [2.45, 2.75) is 76.2 Å². The molecule has 196 valence electrons. The minimum atomic E-state index is -0.292. The number of ether oxygens (including phenoxy) is 2. The van der Waals surface area contributed by atoms with Crippen LogP contribution >= 0.6 is 15.9 Å². The fraction of sp³-hybridized carbons (Fsp3) is 0.448. The second kappa shape index (κ2) is 25.6. The smallest absolute Gasteiger partial charge is 0.465 e. The first-order valence-electron chi connectivity index (χ1n) is 10.6. The summed E-state index contributed by atoms with van der Waals surface area (Å²) in [6.45, 7) is 16.1. The number of halogens is 1. The normalized spacial score (nSPS) is 8.46. The molecule has 0 heterocycles. The summed E-state index contributed by atoms with van der Waals surface area (Å²) in [4.78, 5) is 22.4. The van der Waals surface area contributed by atoms with E-state index in [1.807, 2.05) is 84.7 Å². The SMILES string of the molecule is C.C.COC(=O)c1ccc(Br)cc1C.COC(=O)c1ccc(C(C)C)cc1C.C[CH-]C.C[CH-]C.[Zn+2]. The summed E-state index contributed by atoms with van der Waals surface area (Å²) in [6.07, 6.45) is 4.00. The Labute approximate surface area is 237 Å². The van der Waals surface area contributed by atoms with Crippen molar-refractivity contribution in [2.75, 3.05) is 14.2 Å². The van der Waals surface area contributed by atoms with Gasteiger partial charge >= 0.3 is 31.4 Å². The summed E-state index contributed by atoms with van der Waals surface area (Å²) in [5.74, 6) is -0.0711. The van der Waals surface area contributed by atoms with E-state index in [1.54, 1.807) is 6.07 Å². The number of carbonyl (C=O) groups excluding carboxylic acids is 2. The van der Waals surface area contributed by atoms with E-state index in [-0.39, 0.29) is 46.3 Å². The summed E-state index contributed by atoms with van der Waals surface area (Å²) < 4.78 is 10.2. The molecule has 4 nitrogen and oxygen atoms in total. The summed E-state index contributed by atoms with van der Waals surface area (Å²) >= 11 is 3.32. The Kier molecular flexibility index (Phi) is 31.8. The molecule has 0 bridgehead atoms. The maximum Gasteiger partial charge on any atom is 2.00 e. The molecule has 0 amide bonds. The second-order valence-electron chi connectivity index (χ2n) is 7.33. The van der Waals surface area contributed by atoms with E-state index in [0.29, 0.717) is 17.0 Å². The average molecular weight is 605 g/mol. The van der Waals surface area contributed by atoms with Crippen LogP contribution in [-0.2, 0) is 29.0 Å². The molecule has 2 aromatic rings. The van der Waals surface area contributed by atoms with E-state index in [4.69, 9.17) is 0 Å². The van der Waals surface area contributed by atoms with Gasteiger partial charge in [-0.1, -0.05) is 56.8 Å². The third-order valence-electron chi connectivity index (χ3n) is 3.92. The Balaban J connectivity index is -0.000000131. The summed E-state index contributed by atoms with van der Waals surface area (Å²) in [5.41, 5.74) is 4.40. The Bertz CT molecular complexity index is 818. The van der Waals surface area contributed by atoms with Crippen LogP contribution in [0.4, 0.5) is 0 Å². The first-order chi connectivity index (χ1) is 15.0. The Morgan fingerprint density at radius 2 is 1.11 bits per heavy atom. The molecule has 2 rings (SSSR count). The van der Waals surface area contributed by atoms with Crippen LogP contribution < -0.4 is 0 Å². The largest absolute Gasteiger partial charge is 2.00 e. The molecule has 0 spiro atoms. The molecule has 0 saturated heterocycles. The summed E-state index contributed by atoms with van der Waals surface area (Å²) in [6, 6.07) is 11.3. The Morgan fingerprint density at radius 1 is 0.771 bits per heavy atom. The average Bonchev–Trinajstić information content (AvgIpc) is 2.74. The van der Waals surface area contributed by atoms with Crippen LogP contribution in [-0.4, -0.2) is 26.2 Å². The molecule has 0 saturated carbocycles. The molecule has 2 aromatic carbocycles. The van der Waals surface area contributed by atoms with Crippen LogP contribution in [0, 0.1) is 26.7 Å². The van der Waals surface area contributed by atoms with Crippen LogP contribution in [0.15, 0.2) is 40.9 Å². The fourth-order valence-corrected chi connectivity index (χ4v) is 2.83. The molecular weight excluding hydrogens is 558 g/mol. The van der Waals surface area contributed by atoms with E-state index in [2.05, 4.69) is 39.3 Å². The fourth-order valence-electron chi connectivity index (χ4n) is 2.35. The molecule has 0 aliphatic rings. The van der Waals surface area contributed by atoms with Gasteiger partial charge in [0.05, 0.1) is 25.3 Å². The quantitative estimate of drug-likeness (QED) is 0.199. The summed E-state index contributed by atoms with van der Waals surface area (Å²) in [7, 11) is 2.78. The number of hydrogen-bond donors (Lipinski definition) is 0. The topological polar surface area (TPSA) is 52.6 Å². The van der Waals surface area contributed by atoms with Crippen LogP contribution in [0.1, 0.15) is 99.7 Å². The van der Waals surface area contributed by atoms with Gasteiger partial charge in [0.1, 0.15) is 0 Å². The van der Waals surface area contributed by atoms with Gasteiger partial charge in [-0.15, -0.1) is 0 Å². The first-order valence-corrected chi connectivity index (χ1v) is 11.3. The van der Waals surface area contributed by atoms with Gasteiger partial charge in [-0.25, -0.2) is 9.59 Å². The van der Waals surface area contributed by atoms with Crippen LogP contribution in [0.5, 0.6) is 0 Å². The molecule has 0 unspecified atom stereocenters. The molecule has 0 atom stereocenters. The number of hydrogen-bond acceptors (Lipinski definition) is 4. The minimum Gasteiger partial charge on any atom is -0.465 e. The Hall–Kier alpha value is -1.52. The number of carbonyl (C=O) groups is 2. The van der Waals surface area contributed by atoms with Gasteiger partial charge in [0.25, 0.3) is 0 Å². The zero-order chi connectivity index (χ0) is 25.3. The Morgan fingerprint density at radius 3 is 1.40 bits per heavy atom. The number of rotatable bonds is 3. The van der Waals surface area contributed by atoms with Crippen LogP contribution in [0.3, 0.4) is 0 Å². The maximum absolute atomic E-state index is 11.3. The molecule has 0 fully saturated rings. The van der Waals surface area contributed by atoms with Gasteiger partial charge in [-0.2, -0.15) is 27.7 Å². The van der Waals surface area contributed by atoms with Gasteiger partial charge in [-0.3, -0.25) is 0 Å². The molecule has 35 heavy (non-hydrogen) atoms. The molecule has 0 aromatic heterocycles. The number of methoxy groups -OCH3 is 2. The van der Waals surface area contributed by atoms with Gasteiger partial charge in [0.15, 0.2) is 0 Å². The maximum atomic E-state index is 11.3. The van der Waals surface area contributed by atoms with Crippen molar-refractivity contribution in [2.24, 2.45) is 0 Å².